The maximum atomic E-state index is 12.4. The first-order valence-corrected chi connectivity index (χ1v) is 9.36. The van der Waals surface area contributed by atoms with E-state index in [9.17, 15) is 9.59 Å². The number of hydrogen-bond acceptors (Lipinski definition) is 4. The first kappa shape index (κ1) is 20.6. The number of carbonyl (C=O) groups excluding carboxylic acids is 2. The Hall–Kier alpha value is -2.76. The molecule has 1 heterocycles. The molecule has 2 rings (SSSR count). The Labute approximate surface area is 160 Å². The van der Waals surface area contributed by atoms with Gasteiger partial charge in [-0.2, -0.15) is 0 Å². The normalized spacial score (nSPS) is 11.7. The van der Waals surface area contributed by atoms with Crippen molar-refractivity contribution in [2.24, 2.45) is 0 Å². The molecule has 0 fully saturated rings. The molecular formula is C21H28N2O4. The molecule has 0 aliphatic heterocycles. The van der Waals surface area contributed by atoms with Crippen LogP contribution >= 0.6 is 0 Å². The van der Waals surface area contributed by atoms with E-state index in [1.807, 2.05) is 32.0 Å². The summed E-state index contributed by atoms with van der Waals surface area (Å²) in [6.07, 6.45) is 3.35. The van der Waals surface area contributed by atoms with E-state index in [1.165, 1.54) is 6.92 Å². The molecule has 27 heavy (non-hydrogen) atoms. The van der Waals surface area contributed by atoms with Crippen LogP contribution in [0.5, 0.6) is 11.5 Å². The fourth-order valence-corrected chi connectivity index (χ4v) is 2.54. The van der Waals surface area contributed by atoms with Gasteiger partial charge in [-0.1, -0.05) is 19.9 Å². The highest BCUT2D eigenvalue weighted by molar-refractivity contribution is 5.99. The molecule has 0 unspecified atom stereocenters. The topological polar surface area (TPSA) is 80.4 Å². The zero-order valence-corrected chi connectivity index (χ0v) is 16.4. The number of hydrogen-bond donors (Lipinski definition) is 2. The lowest BCUT2D eigenvalue weighted by atomic mass is 10.1. The molecule has 1 amide bonds. The van der Waals surface area contributed by atoms with E-state index < -0.39 is 0 Å². The molecule has 0 aliphatic carbocycles. The number of carbonyl (C=O) groups is 2. The standard InChI is InChI=1S/C21H28N2O4/c1-5-9-26-19-8-7-16(12-20(19)27-10-6-2)14(3)23-21(25)18-11-17(13-22-18)15(4)24/h7-8,11-14,22H,5-6,9-10H2,1-4H3,(H,23,25)/t14-/m0/s1. The van der Waals surface area contributed by atoms with Crippen molar-refractivity contribution in [2.45, 2.75) is 46.6 Å². The van der Waals surface area contributed by atoms with Gasteiger partial charge in [0, 0.05) is 11.8 Å². The van der Waals surface area contributed by atoms with Crippen LogP contribution in [0.4, 0.5) is 0 Å². The summed E-state index contributed by atoms with van der Waals surface area (Å²) in [4.78, 5) is 26.6. The third-order valence-corrected chi connectivity index (χ3v) is 4.07. The van der Waals surface area contributed by atoms with Gasteiger partial charge in [-0.25, -0.2) is 0 Å². The third-order valence-electron chi connectivity index (χ3n) is 4.07. The van der Waals surface area contributed by atoms with Crippen LogP contribution in [0.2, 0.25) is 0 Å². The summed E-state index contributed by atoms with van der Waals surface area (Å²) in [6, 6.07) is 7.03. The number of aromatic nitrogens is 1. The van der Waals surface area contributed by atoms with Crippen LogP contribution in [-0.4, -0.2) is 29.9 Å². The number of nitrogens with one attached hydrogen (secondary N) is 2. The molecule has 6 nitrogen and oxygen atoms in total. The molecule has 1 aromatic carbocycles. The SMILES string of the molecule is CCCOc1ccc([C@H](C)NC(=O)c2cc(C(C)=O)c[nH]2)cc1OCCC. The number of amides is 1. The molecule has 0 saturated carbocycles. The highest BCUT2D eigenvalue weighted by Gasteiger charge is 2.16. The predicted octanol–water partition coefficient (Wildman–Crippen LogP) is 4.29. The quantitative estimate of drug-likeness (QED) is 0.610. The highest BCUT2D eigenvalue weighted by atomic mass is 16.5. The van der Waals surface area contributed by atoms with Crippen LogP contribution in [0.1, 0.15) is 73.0 Å². The Morgan fingerprint density at radius 1 is 1.07 bits per heavy atom. The highest BCUT2D eigenvalue weighted by Crippen LogP contribution is 2.31. The van der Waals surface area contributed by atoms with E-state index in [0.29, 0.717) is 36.0 Å². The van der Waals surface area contributed by atoms with Crippen molar-refractivity contribution in [2.75, 3.05) is 13.2 Å². The zero-order chi connectivity index (χ0) is 19.8. The lowest BCUT2D eigenvalue weighted by Crippen LogP contribution is -2.27. The third kappa shape index (κ3) is 5.61. The van der Waals surface area contributed by atoms with Crippen molar-refractivity contribution in [3.05, 3.63) is 47.3 Å². The van der Waals surface area contributed by atoms with Gasteiger partial charge in [0.25, 0.3) is 5.91 Å². The minimum Gasteiger partial charge on any atom is -0.490 e. The fraction of sp³-hybridized carbons (Fsp3) is 0.429. The Kier molecular flexibility index (Phi) is 7.46. The minimum absolute atomic E-state index is 0.0845. The number of benzene rings is 1. The number of rotatable bonds is 10. The van der Waals surface area contributed by atoms with E-state index in [-0.39, 0.29) is 17.7 Å². The molecule has 0 saturated heterocycles. The van der Waals surface area contributed by atoms with Crippen LogP contribution in [0.15, 0.2) is 30.5 Å². The minimum atomic E-state index is -0.266. The lowest BCUT2D eigenvalue weighted by molar-refractivity contribution is 0.0935. The molecule has 0 aliphatic rings. The van der Waals surface area contributed by atoms with Crippen molar-refractivity contribution in [1.29, 1.82) is 0 Å². The van der Waals surface area contributed by atoms with Crippen molar-refractivity contribution in [3.8, 4) is 11.5 Å². The number of ether oxygens (including phenoxy) is 2. The molecule has 6 heteroatoms. The van der Waals surface area contributed by atoms with Gasteiger partial charge in [0.1, 0.15) is 5.69 Å². The maximum absolute atomic E-state index is 12.4. The van der Waals surface area contributed by atoms with E-state index in [2.05, 4.69) is 17.2 Å². The van der Waals surface area contributed by atoms with Gasteiger partial charge in [-0.05, 0) is 50.5 Å². The van der Waals surface area contributed by atoms with Crippen molar-refractivity contribution in [1.82, 2.24) is 10.3 Å². The van der Waals surface area contributed by atoms with Crippen LogP contribution in [0.3, 0.4) is 0 Å². The van der Waals surface area contributed by atoms with Gasteiger partial charge in [0.2, 0.25) is 0 Å². The van der Waals surface area contributed by atoms with Gasteiger partial charge in [-0.15, -0.1) is 0 Å². The van der Waals surface area contributed by atoms with Gasteiger partial charge in [0.05, 0.1) is 19.3 Å². The average molecular weight is 372 g/mol. The maximum Gasteiger partial charge on any atom is 0.268 e. The van der Waals surface area contributed by atoms with E-state index in [0.717, 1.165) is 18.4 Å². The Morgan fingerprint density at radius 3 is 2.33 bits per heavy atom. The molecule has 2 aromatic rings. The summed E-state index contributed by atoms with van der Waals surface area (Å²) in [6.45, 7) is 8.69. The second kappa shape index (κ2) is 9.80. The smallest absolute Gasteiger partial charge is 0.268 e. The molecule has 1 aromatic heterocycles. The Bertz CT molecular complexity index is 782. The van der Waals surface area contributed by atoms with Gasteiger partial charge < -0.3 is 19.8 Å². The summed E-state index contributed by atoms with van der Waals surface area (Å²) in [5, 5.41) is 2.93. The van der Waals surface area contributed by atoms with Crippen LogP contribution in [-0.2, 0) is 0 Å². The first-order valence-electron chi connectivity index (χ1n) is 9.36. The van der Waals surface area contributed by atoms with Gasteiger partial charge in [0.15, 0.2) is 17.3 Å². The van der Waals surface area contributed by atoms with E-state index >= 15 is 0 Å². The first-order chi connectivity index (χ1) is 13.0. The summed E-state index contributed by atoms with van der Waals surface area (Å²) >= 11 is 0. The van der Waals surface area contributed by atoms with Gasteiger partial charge in [-0.3, -0.25) is 9.59 Å². The van der Waals surface area contributed by atoms with Crippen molar-refractivity contribution in [3.63, 3.8) is 0 Å². The molecule has 0 spiro atoms. The molecule has 1 atom stereocenters. The Morgan fingerprint density at radius 2 is 1.74 bits per heavy atom. The number of aromatic amines is 1. The van der Waals surface area contributed by atoms with E-state index in [1.54, 1.807) is 12.3 Å². The lowest BCUT2D eigenvalue weighted by Gasteiger charge is -2.18. The van der Waals surface area contributed by atoms with Crippen LogP contribution in [0.25, 0.3) is 0 Å². The van der Waals surface area contributed by atoms with Crippen LogP contribution < -0.4 is 14.8 Å². The zero-order valence-electron chi connectivity index (χ0n) is 16.4. The van der Waals surface area contributed by atoms with Crippen molar-refractivity contribution < 1.29 is 19.1 Å². The number of Topliss-reactive ketones (excluding diaryl/α,β-unsaturated/α-hetero) is 1. The second-order valence-corrected chi connectivity index (χ2v) is 6.46. The molecule has 0 bridgehead atoms. The Balaban J connectivity index is 2.12. The molecule has 2 N–H and O–H groups in total. The summed E-state index contributed by atoms with van der Waals surface area (Å²) in [5.41, 5.74) is 1.76. The van der Waals surface area contributed by atoms with Crippen molar-refractivity contribution >= 4 is 11.7 Å². The number of H-pyrrole nitrogens is 1. The molecular weight excluding hydrogens is 344 g/mol. The summed E-state index contributed by atoms with van der Waals surface area (Å²) in [5.74, 6) is 1.04. The summed E-state index contributed by atoms with van der Waals surface area (Å²) in [7, 11) is 0. The second-order valence-electron chi connectivity index (χ2n) is 6.46. The fourth-order valence-electron chi connectivity index (χ4n) is 2.54. The number of ketones is 1. The van der Waals surface area contributed by atoms with Crippen LogP contribution in [0, 0.1) is 0 Å². The summed E-state index contributed by atoms with van der Waals surface area (Å²) < 4.78 is 11.6. The molecule has 0 radical (unpaired) electrons. The average Bonchev–Trinajstić information content (AvgIpc) is 3.15. The predicted molar refractivity (Wildman–Crippen MR) is 105 cm³/mol. The largest absolute Gasteiger partial charge is 0.490 e. The van der Waals surface area contributed by atoms with E-state index in [4.69, 9.17) is 9.47 Å². The van der Waals surface area contributed by atoms with Gasteiger partial charge >= 0.3 is 0 Å². The molecule has 146 valence electrons. The monoisotopic (exact) mass is 372 g/mol.